The Morgan fingerprint density at radius 2 is 1.29 bits per heavy atom. The number of benzene rings is 3. The zero-order valence-electron chi connectivity index (χ0n) is 20.8. The van der Waals surface area contributed by atoms with Crippen LogP contribution in [0, 0.1) is 0 Å². The van der Waals surface area contributed by atoms with Gasteiger partial charge in [-0.2, -0.15) is 0 Å². The zero-order chi connectivity index (χ0) is 27.5. The summed E-state index contributed by atoms with van der Waals surface area (Å²) in [5, 5.41) is 15.0. The molecule has 10 heteroatoms. The van der Waals surface area contributed by atoms with Crippen LogP contribution in [0.4, 0.5) is 0 Å². The standard InChI is InChI=1S/C28H32N6O4/c29-25(36)24(20-13-15-21(35)16-14-20)34-26(37)22(12-7-17-32-28(30)31)33-27(38)23(18-8-3-1-4-9-18)19-10-5-2-6-11-19/h1-6,8-11,13-16,22-24,35H,7,12,17H2,(H2,29,36)(H,33,38)(H,34,37)(H4,30,31,32)/t22?,24-/m1/s1. The van der Waals surface area contributed by atoms with Crippen LogP contribution in [0.15, 0.2) is 89.9 Å². The van der Waals surface area contributed by atoms with Crippen LogP contribution < -0.4 is 27.8 Å². The van der Waals surface area contributed by atoms with Crippen LogP contribution in [0.5, 0.6) is 5.75 Å². The molecule has 0 aliphatic rings. The molecule has 0 aromatic heterocycles. The van der Waals surface area contributed by atoms with Crippen molar-refractivity contribution >= 4 is 23.7 Å². The molecule has 0 aliphatic heterocycles. The summed E-state index contributed by atoms with van der Waals surface area (Å²) >= 11 is 0. The normalized spacial score (nSPS) is 12.2. The molecule has 0 saturated carbocycles. The van der Waals surface area contributed by atoms with Crippen LogP contribution in [0.25, 0.3) is 0 Å². The number of rotatable bonds is 12. The van der Waals surface area contributed by atoms with Crippen LogP contribution in [0.3, 0.4) is 0 Å². The molecule has 1 unspecified atom stereocenters. The van der Waals surface area contributed by atoms with Crippen molar-refractivity contribution in [3.05, 3.63) is 102 Å². The van der Waals surface area contributed by atoms with Gasteiger partial charge in [0.15, 0.2) is 5.96 Å². The van der Waals surface area contributed by atoms with E-state index in [4.69, 9.17) is 17.2 Å². The number of primary amides is 1. The van der Waals surface area contributed by atoms with E-state index in [1.54, 1.807) is 0 Å². The lowest BCUT2D eigenvalue weighted by Gasteiger charge is -2.25. The highest BCUT2D eigenvalue weighted by atomic mass is 16.3. The molecule has 10 nitrogen and oxygen atoms in total. The molecular weight excluding hydrogens is 484 g/mol. The van der Waals surface area contributed by atoms with Crippen LogP contribution in [0.2, 0.25) is 0 Å². The molecule has 3 aromatic rings. The van der Waals surface area contributed by atoms with Crippen molar-refractivity contribution in [1.29, 1.82) is 0 Å². The van der Waals surface area contributed by atoms with Gasteiger partial charge in [0, 0.05) is 6.54 Å². The molecule has 0 heterocycles. The van der Waals surface area contributed by atoms with E-state index in [2.05, 4.69) is 15.6 Å². The number of amides is 3. The summed E-state index contributed by atoms with van der Waals surface area (Å²) in [5.41, 5.74) is 18.3. The summed E-state index contributed by atoms with van der Waals surface area (Å²) in [6.07, 6.45) is 0.587. The number of phenols is 1. The lowest BCUT2D eigenvalue weighted by atomic mass is 9.90. The minimum absolute atomic E-state index is 0.000957. The first-order valence-electron chi connectivity index (χ1n) is 12.1. The fourth-order valence-corrected chi connectivity index (χ4v) is 4.04. The first kappa shape index (κ1) is 27.7. The number of guanidine groups is 1. The fraction of sp³-hybridized carbons (Fsp3) is 0.214. The number of nitrogens with two attached hydrogens (primary N) is 3. The third-order valence-electron chi connectivity index (χ3n) is 5.90. The smallest absolute Gasteiger partial charge is 0.244 e. The number of nitrogens with zero attached hydrogens (tertiary/aromatic N) is 1. The number of nitrogens with one attached hydrogen (secondary N) is 2. The minimum Gasteiger partial charge on any atom is -0.508 e. The maximum absolute atomic E-state index is 13.6. The van der Waals surface area contributed by atoms with E-state index in [1.807, 2.05) is 60.7 Å². The molecule has 0 saturated heterocycles. The van der Waals surface area contributed by atoms with E-state index in [-0.39, 0.29) is 30.6 Å². The molecule has 0 aliphatic carbocycles. The summed E-state index contributed by atoms with van der Waals surface area (Å²) in [6.45, 7) is 0.250. The lowest BCUT2D eigenvalue weighted by molar-refractivity contribution is -0.131. The third kappa shape index (κ3) is 7.82. The molecule has 3 amide bonds. The minimum atomic E-state index is -1.17. The van der Waals surface area contributed by atoms with Crippen molar-refractivity contribution in [3.8, 4) is 5.75 Å². The Morgan fingerprint density at radius 1 is 0.737 bits per heavy atom. The molecular formula is C28H32N6O4. The Bertz CT molecular complexity index is 1210. The number of aliphatic imine (C=N–C) groups is 1. The monoisotopic (exact) mass is 516 g/mol. The molecule has 2 atom stereocenters. The second-order valence-electron chi connectivity index (χ2n) is 8.70. The lowest BCUT2D eigenvalue weighted by Crippen LogP contribution is -2.50. The van der Waals surface area contributed by atoms with Crippen molar-refractivity contribution in [1.82, 2.24) is 10.6 Å². The van der Waals surface area contributed by atoms with Gasteiger partial charge in [0.1, 0.15) is 17.8 Å². The van der Waals surface area contributed by atoms with E-state index in [9.17, 15) is 19.5 Å². The Hall–Kier alpha value is -4.86. The molecule has 0 fully saturated rings. The first-order chi connectivity index (χ1) is 18.3. The van der Waals surface area contributed by atoms with Crippen LogP contribution in [-0.4, -0.2) is 41.4 Å². The Balaban J connectivity index is 1.86. The number of aromatic hydroxyl groups is 1. The highest BCUT2D eigenvalue weighted by Crippen LogP contribution is 2.25. The van der Waals surface area contributed by atoms with Crippen LogP contribution in [-0.2, 0) is 14.4 Å². The van der Waals surface area contributed by atoms with Gasteiger partial charge in [0.25, 0.3) is 0 Å². The van der Waals surface area contributed by atoms with Gasteiger partial charge < -0.3 is 32.9 Å². The second-order valence-corrected chi connectivity index (χ2v) is 8.70. The predicted octanol–water partition coefficient (Wildman–Crippen LogP) is 1.41. The zero-order valence-corrected chi connectivity index (χ0v) is 20.8. The quantitative estimate of drug-likeness (QED) is 0.120. The Morgan fingerprint density at radius 3 is 1.79 bits per heavy atom. The summed E-state index contributed by atoms with van der Waals surface area (Å²) in [4.78, 5) is 43.2. The Kier molecular flexibility index (Phi) is 9.81. The van der Waals surface area contributed by atoms with Crippen LogP contribution in [0.1, 0.15) is 41.5 Å². The molecule has 0 radical (unpaired) electrons. The second kappa shape index (κ2) is 13.4. The van der Waals surface area contributed by atoms with Crippen molar-refractivity contribution in [3.63, 3.8) is 0 Å². The molecule has 0 bridgehead atoms. The number of hydrogen-bond acceptors (Lipinski definition) is 5. The summed E-state index contributed by atoms with van der Waals surface area (Å²) in [7, 11) is 0. The van der Waals surface area contributed by atoms with Crippen molar-refractivity contribution < 1.29 is 19.5 Å². The molecule has 38 heavy (non-hydrogen) atoms. The van der Waals surface area contributed by atoms with Crippen molar-refractivity contribution in [2.45, 2.75) is 30.8 Å². The van der Waals surface area contributed by atoms with Gasteiger partial charge in [-0.3, -0.25) is 19.4 Å². The van der Waals surface area contributed by atoms with E-state index < -0.39 is 29.8 Å². The number of carbonyl (C=O) groups is 3. The van der Waals surface area contributed by atoms with Gasteiger partial charge in [-0.05, 0) is 41.7 Å². The average molecular weight is 517 g/mol. The fourth-order valence-electron chi connectivity index (χ4n) is 4.04. The SMILES string of the molecule is NC(=O)[C@H](NC(=O)C(CCCN=C(N)N)NC(=O)C(c1ccccc1)c1ccccc1)c1ccc(O)cc1. The number of phenolic OH excluding ortho intramolecular Hbond substituents is 1. The highest BCUT2D eigenvalue weighted by molar-refractivity contribution is 5.94. The maximum atomic E-state index is 13.6. The highest BCUT2D eigenvalue weighted by Gasteiger charge is 2.30. The molecule has 0 spiro atoms. The van der Waals surface area contributed by atoms with Crippen LogP contribution >= 0.6 is 0 Å². The van der Waals surface area contributed by atoms with Crippen molar-refractivity contribution in [2.75, 3.05) is 6.54 Å². The molecule has 3 aromatic carbocycles. The first-order valence-corrected chi connectivity index (χ1v) is 12.1. The van der Waals surface area contributed by atoms with Crippen molar-refractivity contribution in [2.24, 2.45) is 22.2 Å². The van der Waals surface area contributed by atoms with E-state index >= 15 is 0 Å². The van der Waals surface area contributed by atoms with Gasteiger partial charge in [-0.25, -0.2) is 0 Å². The van der Waals surface area contributed by atoms with Gasteiger partial charge in [0.2, 0.25) is 17.7 Å². The van der Waals surface area contributed by atoms with Gasteiger partial charge in [0.05, 0.1) is 5.92 Å². The molecule has 3 rings (SSSR count). The summed E-state index contributed by atoms with van der Waals surface area (Å²) < 4.78 is 0. The largest absolute Gasteiger partial charge is 0.508 e. The predicted molar refractivity (Wildman–Crippen MR) is 145 cm³/mol. The third-order valence-corrected chi connectivity index (χ3v) is 5.90. The van der Waals surface area contributed by atoms with Gasteiger partial charge in [-0.1, -0.05) is 72.8 Å². The Labute approximate surface area is 220 Å². The van der Waals surface area contributed by atoms with Gasteiger partial charge >= 0.3 is 0 Å². The summed E-state index contributed by atoms with van der Waals surface area (Å²) in [6, 6.07) is 22.0. The molecule has 198 valence electrons. The molecule has 9 N–H and O–H groups in total. The number of hydrogen-bond donors (Lipinski definition) is 6. The van der Waals surface area contributed by atoms with E-state index in [0.717, 1.165) is 11.1 Å². The summed E-state index contributed by atoms with van der Waals surface area (Å²) in [5.74, 6) is -2.52. The van der Waals surface area contributed by atoms with Gasteiger partial charge in [-0.15, -0.1) is 0 Å². The van der Waals surface area contributed by atoms with E-state index in [1.165, 1.54) is 24.3 Å². The van der Waals surface area contributed by atoms with E-state index in [0.29, 0.717) is 12.0 Å². The maximum Gasteiger partial charge on any atom is 0.244 e. The average Bonchev–Trinajstić information content (AvgIpc) is 2.90. The number of carbonyl (C=O) groups excluding carboxylic acids is 3. The topological polar surface area (TPSA) is 186 Å².